The molecular weight excluding hydrogens is 394 g/mol. The molecule has 1 N–H and O–H groups in total. The fourth-order valence-corrected chi connectivity index (χ4v) is 3.99. The Morgan fingerprint density at radius 2 is 1.58 bits per heavy atom. The van der Waals surface area contributed by atoms with Crippen LogP contribution < -0.4 is 15.6 Å². The number of amides is 2. The Labute approximate surface area is 180 Å². The lowest BCUT2D eigenvalue weighted by Gasteiger charge is -2.36. The maximum absolute atomic E-state index is 13.1. The van der Waals surface area contributed by atoms with Gasteiger partial charge in [0.1, 0.15) is 6.54 Å². The third-order valence-electron chi connectivity index (χ3n) is 5.54. The minimum Gasteiger partial charge on any atom is -0.465 e. The first kappa shape index (κ1) is 20.7. The van der Waals surface area contributed by atoms with Crippen molar-refractivity contribution in [1.82, 2.24) is 10.2 Å². The number of urea groups is 1. The van der Waals surface area contributed by atoms with E-state index in [1.54, 1.807) is 11.8 Å². The van der Waals surface area contributed by atoms with Gasteiger partial charge >= 0.3 is 12.0 Å². The Kier molecular flexibility index (Phi) is 6.02. The lowest BCUT2D eigenvalue weighted by molar-refractivity contribution is -0.141. The Hall–Kier alpha value is -3.61. The summed E-state index contributed by atoms with van der Waals surface area (Å²) in [6, 6.07) is 17.1. The average Bonchev–Trinajstić information content (AvgIpc) is 2.93. The number of fused-ring (bicyclic) bond motifs is 2. The normalized spacial score (nSPS) is 14.0. The molecule has 0 aliphatic carbocycles. The summed E-state index contributed by atoms with van der Waals surface area (Å²) in [4.78, 5) is 40.9. The number of anilines is 1. The van der Waals surface area contributed by atoms with E-state index in [9.17, 15) is 14.4 Å². The van der Waals surface area contributed by atoms with E-state index in [1.807, 2.05) is 48.5 Å². The van der Waals surface area contributed by atoms with Crippen LogP contribution in [0.25, 0.3) is 21.5 Å². The summed E-state index contributed by atoms with van der Waals surface area (Å²) in [5.74, 6) is -0.446. The first-order chi connectivity index (χ1) is 15.1. The molecule has 1 aliphatic rings. The van der Waals surface area contributed by atoms with Gasteiger partial charge in [-0.3, -0.25) is 9.59 Å². The van der Waals surface area contributed by atoms with Gasteiger partial charge in [-0.2, -0.15) is 0 Å². The van der Waals surface area contributed by atoms with E-state index >= 15 is 0 Å². The van der Waals surface area contributed by atoms with Gasteiger partial charge < -0.3 is 19.9 Å². The monoisotopic (exact) mass is 419 g/mol. The number of carbonyl (C=O) groups is 2. The standard InChI is InChI=1S/C24H25N3O4/c1-2-31-22(28)16-25-24(30)27-13-11-26(12-14-27)21-15-17-7-3-4-8-18(17)23(29)20-10-6-5-9-19(20)21/h3-10,15H,2,11-14,16H2,1H3,(H,25,30). The third kappa shape index (κ3) is 4.30. The molecule has 3 aromatic rings. The number of hydrogen-bond acceptors (Lipinski definition) is 5. The van der Waals surface area contributed by atoms with Crippen LogP contribution in [-0.2, 0) is 9.53 Å². The first-order valence-corrected chi connectivity index (χ1v) is 10.5. The Bertz CT molecular complexity index is 1190. The van der Waals surface area contributed by atoms with Gasteiger partial charge in [0.15, 0.2) is 5.43 Å². The quantitative estimate of drug-likeness (QED) is 0.658. The smallest absolute Gasteiger partial charge is 0.325 e. The number of rotatable bonds is 4. The van der Waals surface area contributed by atoms with E-state index in [1.165, 1.54) is 0 Å². The lowest BCUT2D eigenvalue weighted by Crippen LogP contribution is -2.52. The molecular formula is C24H25N3O4. The summed E-state index contributed by atoms with van der Waals surface area (Å²) in [6.45, 7) is 4.17. The van der Waals surface area contributed by atoms with Gasteiger partial charge in [-0.05, 0) is 18.4 Å². The molecule has 31 heavy (non-hydrogen) atoms. The number of nitrogens with one attached hydrogen (secondary N) is 1. The van der Waals surface area contributed by atoms with Crippen molar-refractivity contribution in [2.24, 2.45) is 0 Å². The minimum atomic E-state index is -0.446. The summed E-state index contributed by atoms with van der Waals surface area (Å²) in [5.41, 5.74) is 1.01. The highest BCUT2D eigenvalue weighted by Gasteiger charge is 2.23. The van der Waals surface area contributed by atoms with Gasteiger partial charge in [0.05, 0.1) is 6.61 Å². The molecule has 3 aromatic carbocycles. The molecule has 0 unspecified atom stereocenters. The van der Waals surface area contributed by atoms with Gasteiger partial charge in [-0.1, -0.05) is 48.5 Å². The molecule has 1 saturated heterocycles. The maximum atomic E-state index is 13.1. The molecule has 7 nitrogen and oxygen atoms in total. The van der Waals surface area contributed by atoms with E-state index in [0.29, 0.717) is 37.0 Å². The molecule has 160 valence electrons. The number of benzene rings is 2. The number of carbonyl (C=O) groups excluding carboxylic acids is 2. The largest absolute Gasteiger partial charge is 0.465 e. The third-order valence-corrected chi connectivity index (χ3v) is 5.54. The number of esters is 1. The molecule has 2 amide bonds. The van der Waals surface area contributed by atoms with Crippen LogP contribution in [0.2, 0.25) is 0 Å². The topological polar surface area (TPSA) is 79.0 Å². The van der Waals surface area contributed by atoms with Crippen LogP contribution in [0.1, 0.15) is 6.92 Å². The van der Waals surface area contributed by atoms with Crippen molar-refractivity contribution in [1.29, 1.82) is 0 Å². The van der Waals surface area contributed by atoms with Gasteiger partial charge in [-0.15, -0.1) is 0 Å². The van der Waals surface area contributed by atoms with Gasteiger partial charge in [-0.25, -0.2) is 4.79 Å². The Balaban J connectivity index is 1.58. The van der Waals surface area contributed by atoms with Gasteiger partial charge in [0.25, 0.3) is 0 Å². The van der Waals surface area contributed by atoms with Crippen LogP contribution in [0.4, 0.5) is 10.5 Å². The first-order valence-electron chi connectivity index (χ1n) is 10.5. The molecule has 0 radical (unpaired) electrons. The van der Waals surface area contributed by atoms with Crippen molar-refractivity contribution in [3.63, 3.8) is 0 Å². The highest BCUT2D eigenvalue weighted by Crippen LogP contribution is 2.28. The summed E-state index contributed by atoms with van der Waals surface area (Å²) in [5, 5.41) is 5.80. The van der Waals surface area contributed by atoms with Crippen molar-refractivity contribution >= 4 is 39.2 Å². The molecule has 0 bridgehead atoms. The molecule has 1 heterocycles. The molecule has 0 atom stereocenters. The molecule has 1 aliphatic heterocycles. The van der Waals surface area contributed by atoms with Crippen molar-refractivity contribution in [3.8, 4) is 0 Å². The molecule has 4 rings (SSSR count). The Morgan fingerprint density at radius 3 is 2.29 bits per heavy atom. The minimum absolute atomic E-state index is 0.0226. The molecule has 7 heteroatoms. The van der Waals surface area contributed by atoms with Crippen molar-refractivity contribution in [3.05, 3.63) is 64.8 Å². The van der Waals surface area contributed by atoms with Crippen LogP contribution >= 0.6 is 0 Å². The zero-order chi connectivity index (χ0) is 21.8. The average molecular weight is 419 g/mol. The second-order valence-corrected chi connectivity index (χ2v) is 7.43. The second-order valence-electron chi connectivity index (χ2n) is 7.43. The van der Waals surface area contributed by atoms with Crippen LogP contribution in [-0.4, -0.2) is 56.2 Å². The SMILES string of the molecule is CCOC(=O)CNC(=O)N1CCN(c2cc3ccccc3c(=O)c3ccccc23)CC1. The fraction of sp³-hybridized carbons (Fsp3) is 0.292. The zero-order valence-corrected chi connectivity index (χ0v) is 17.5. The van der Waals surface area contributed by atoms with Gasteiger partial charge in [0.2, 0.25) is 0 Å². The van der Waals surface area contributed by atoms with Crippen molar-refractivity contribution in [2.75, 3.05) is 44.2 Å². The molecule has 0 saturated carbocycles. The highest BCUT2D eigenvalue weighted by molar-refractivity contribution is 6.01. The van der Waals surface area contributed by atoms with E-state index < -0.39 is 5.97 Å². The van der Waals surface area contributed by atoms with E-state index in [4.69, 9.17) is 4.74 Å². The van der Waals surface area contributed by atoms with Crippen molar-refractivity contribution in [2.45, 2.75) is 6.92 Å². The Morgan fingerprint density at radius 1 is 0.935 bits per heavy atom. The summed E-state index contributed by atoms with van der Waals surface area (Å²) in [6.07, 6.45) is 0. The zero-order valence-electron chi connectivity index (χ0n) is 17.5. The fourth-order valence-electron chi connectivity index (χ4n) is 3.99. The predicted molar refractivity (Wildman–Crippen MR) is 122 cm³/mol. The van der Waals surface area contributed by atoms with Crippen LogP contribution in [0, 0.1) is 0 Å². The summed E-state index contributed by atoms with van der Waals surface area (Å²) in [7, 11) is 0. The van der Waals surface area contributed by atoms with Gasteiger partial charge in [0, 0.05) is 48.0 Å². The summed E-state index contributed by atoms with van der Waals surface area (Å²) < 4.78 is 4.84. The molecule has 1 fully saturated rings. The van der Waals surface area contributed by atoms with Crippen LogP contribution in [0.15, 0.2) is 59.4 Å². The number of nitrogens with zero attached hydrogens (tertiary/aromatic N) is 2. The number of piperazine rings is 1. The summed E-state index contributed by atoms with van der Waals surface area (Å²) >= 11 is 0. The number of hydrogen-bond donors (Lipinski definition) is 1. The molecule has 0 aromatic heterocycles. The van der Waals surface area contributed by atoms with Crippen molar-refractivity contribution < 1.29 is 14.3 Å². The second kappa shape index (κ2) is 9.04. The van der Waals surface area contributed by atoms with Crippen LogP contribution in [0.3, 0.4) is 0 Å². The van der Waals surface area contributed by atoms with E-state index in [2.05, 4.69) is 16.3 Å². The lowest BCUT2D eigenvalue weighted by atomic mass is 10.1. The van der Waals surface area contributed by atoms with E-state index in [0.717, 1.165) is 16.5 Å². The maximum Gasteiger partial charge on any atom is 0.325 e. The molecule has 0 spiro atoms. The highest BCUT2D eigenvalue weighted by atomic mass is 16.5. The predicted octanol–water partition coefficient (Wildman–Crippen LogP) is 2.75. The van der Waals surface area contributed by atoms with Crippen LogP contribution in [0.5, 0.6) is 0 Å². The van der Waals surface area contributed by atoms with E-state index in [-0.39, 0.29) is 24.6 Å². The number of ether oxygens (including phenoxy) is 1.